The average molecular weight is 422 g/mol. The van der Waals surface area contributed by atoms with Crippen molar-refractivity contribution in [2.24, 2.45) is 5.16 Å². The molecule has 0 amide bonds. The number of furan rings is 1. The number of hydrogen-bond acceptors (Lipinski definition) is 5. The summed E-state index contributed by atoms with van der Waals surface area (Å²) in [5, 5.41) is 3.62. The third-order valence-corrected chi connectivity index (χ3v) is 4.56. The molecule has 27 heavy (non-hydrogen) atoms. The number of rotatable bonds is 3. The molecule has 1 aromatic carbocycles. The van der Waals surface area contributed by atoms with Crippen molar-refractivity contribution in [3.05, 3.63) is 57.0 Å². The summed E-state index contributed by atoms with van der Waals surface area (Å²) in [4.78, 5) is 16.6. The Balaban J connectivity index is 2.02. The number of methoxy groups -OCH3 is 1. The van der Waals surface area contributed by atoms with Crippen molar-refractivity contribution in [3.8, 4) is 0 Å². The van der Waals surface area contributed by atoms with Gasteiger partial charge in [-0.05, 0) is 25.1 Å². The normalized spacial score (nSPS) is 19.6. The number of benzene rings is 1. The van der Waals surface area contributed by atoms with E-state index >= 15 is 0 Å². The van der Waals surface area contributed by atoms with Crippen molar-refractivity contribution >= 4 is 34.9 Å². The maximum Gasteiger partial charge on any atom is 0.435 e. The SMILES string of the molecule is COC(=O)c1cc(C2=NOC(c3cc(Cl)cc(Cl)c3)(C(F)(F)F)C2)oc1C. The molecule has 0 aliphatic carbocycles. The second-order valence-electron chi connectivity index (χ2n) is 5.86. The van der Waals surface area contributed by atoms with Crippen molar-refractivity contribution in [1.29, 1.82) is 0 Å². The molecule has 0 radical (unpaired) electrons. The summed E-state index contributed by atoms with van der Waals surface area (Å²) in [5.74, 6) is -0.507. The lowest BCUT2D eigenvalue weighted by atomic mass is 9.87. The van der Waals surface area contributed by atoms with Crippen molar-refractivity contribution in [1.82, 2.24) is 0 Å². The largest absolute Gasteiger partial charge is 0.465 e. The Hall–Kier alpha value is -2.19. The minimum Gasteiger partial charge on any atom is -0.465 e. The Labute approximate surface area is 161 Å². The Morgan fingerprint density at radius 2 is 1.85 bits per heavy atom. The van der Waals surface area contributed by atoms with Crippen LogP contribution in [0.5, 0.6) is 0 Å². The summed E-state index contributed by atoms with van der Waals surface area (Å²) in [6, 6.07) is 4.81. The fraction of sp³-hybridized carbons (Fsp3) is 0.294. The highest BCUT2D eigenvalue weighted by atomic mass is 35.5. The molecular weight excluding hydrogens is 410 g/mol. The number of oxime groups is 1. The summed E-state index contributed by atoms with van der Waals surface area (Å²) < 4.78 is 51.8. The number of carbonyl (C=O) groups is 1. The van der Waals surface area contributed by atoms with Crippen LogP contribution in [0.15, 0.2) is 33.8 Å². The van der Waals surface area contributed by atoms with Crippen LogP contribution in [-0.2, 0) is 15.2 Å². The zero-order valence-corrected chi connectivity index (χ0v) is 15.5. The molecule has 144 valence electrons. The lowest BCUT2D eigenvalue weighted by Crippen LogP contribution is -2.42. The number of ether oxygens (including phenoxy) is 1. The number of alkyl halides is 3. The summed E-state index contributed by atoms with van der Waals surface area (Å²) in [7, 11) is 1.18. The lowest BCUT2D eigenvalue weighted by molar-refractivity contribution is -0.275. The molecule has 2 aromatic rings. The van der Waals surface area contributed by atoms with Crippen LogP contribution in [0.1, 0.15) is 33.9 Å². The Morgan fingerprint density at radius 3 is 2.41 bits per heavy atom. The van der Waals surface area contributed by atoms with Crippen molar-refractivity contribution in [2.75, 3.05) is 7.11 Å². The molecule has 10 heteroatoms. The topological polar surface area (TPSA) is 61.0 Å². The highest BCUT2D eigenvalue weighted by Gasteiger charge is 2.62. The van der Waals surface area contributed by atoms with E-state index in [0.717, 1.165) is 12.1 Å². The van der Waals surface area contributed by atoms with Crippen LogP contribution in [0, 0.1) is 6.92 Å². The first kappa shape index (κ1) is 19.6. The fourth-order valence-corrected chi connectivity index (χ4v) is 3.29. The molecule has 1 unspecified atom stereocenters. The fourth-order valence-electron chi connectivity index (χ4n) is 2.76. The van der Waals surface area contributed by atoms with Gasteiger partial charge in [-0.3, -0.25) is 0 Å². The van der Waals surface area contributed by atoms with E-state index in [-0.39, 0.29) is 38.4 Å². The zero-order chi connectivity index (χ0) is 20.0. The third kappa shape index (κ3) is 3.39. The first-order valence-electron chi connectivity index (χ1n) is 7.55. The monoisotopic (exact) mass is 421 g/mol. The van der Waals surface area contributed by atoms with Gasteiger partial charge in [0.1, 0.15) is 17.0 Å². The molecule has 0 fully saturated rings. The maximum atomic E-state index is 13.9. The molecule has 0 spiro atoms. The average Bonchev–Trinajstić information content (AvgIpc) is 3.17. The molecule has 0 saturated carbocycles. The summed E-state index contributed by atoms with van der Waals surface area (Å²) >= 11 is 11.7. The van der Waals surface area contributed by atoms with Gasteiger partial charge in [0.25, 0.3) is 5.60 Å². The first-order valence-corrected chi connectivity index (χ1v) is 8.30. The third-order valence-electron chi connectivity index (χ3n) is 4.12. The van der Waals surface area contributed by atoms with E-state index in [4.69, 9.17) is 32.5 Å². The number of halogens is 5. The van der Waals surface area contributed by atoms with E-state index in [1.54, 1.807) is 0 Å². The Bertz CT molecular complexity index is 918. The summed E-state index contributed by atoms with van der Waals surface area (Å²) in [6.45, 7) is 1.49. The maximum absolute atomic E-state index is 13.9. The molecular formula is C17H12Cl2F3NO4. The van der Waals surface area contributed by atoms with Gasteiger partial charge in [-0.25, -0.2) is 4.79 Å². The second kappa shape index (κ2) is 6.76. The Morgan fingerprint density at radius 1 is 1.22 bits per heavy atom. The van der Waals surface area contributed by atoms with Gasteiger partial charge < -0.3 is 14.0 Å². The van der Waals surface area contributed by atoms with E-state index in [1.165, 1.54) is 26.2 Å². The van der Waals surface area contributed by atoms with Gasteiger partial charge in [0.05, 0.1) is 13.5 Å². The number of carbonyl (C=O) groups excluding carboxylic acids is 1. The summed E-state index contributed by atoms with van der Waals surface area (Å²) in [6.07, 6.45) is -5.50. The quantitative estimate of drug-likeness (QED) is 0.633. The van der Waals surface area contributed by atoms with Gasteiger partial charge in [-0.1, -0.05) is 28.4 Å². The molecule has 3 rings (SSSR count). The van der Waals surface area contributed by atoms with Crippen LogP contribution in [0.3, 0.4) is 0 Å². The van der Waals surface area contributed by atoms with Crippen LogP contribution in [0.25, 0.3) is 0 Å². The van der Waals surface area contributed by atoms with Gasteiger partial charge in [0.2, 0.25) is 0 Å². The Kier molecular flexibility index (Phi) is 4.90. The van der Waals surface area contributed by atoms with Crippen LogP contribution >= 0.6 is 23.2 Å². The molecule has 1 atom stereocenters. The van der Waals surface area contributed by atoms with E-state index in [1.807, 2.05) is 0 Å². The smallest absolute Gasteiger partial charge is 0.435 e. The van der Waals surface area contributed by atoms with E-state index < -0.39 is 24.2 Å². The molecule has 1 aliphatic heterocycles. The minimum absolute atomic E-state index is 0.0212. The predicted molar refractivity (Wildman–Crippen MR) is 91.2 cm³/mol. The number of nitrogens with zero attached hydrogens (tertiary/aromatic N) is 1. The molecule has 1 aliphatic rings. The number of aryl methyl sites for hydroxylation is 1. The molecule has 1 aromatic heterocycles. The highest BCUT2D eigenvalue weighted by molar-refractivity contribution is 6.34. The van der Waals surface area contributed by atoms with E-state index in [0.29, 0.717) is 0 Å². The predicted octanol–water partition coefficient (Wildman–Crippen LogP) is 5.26. The molecule has 5 nitrogen and oxygen atoms in total. The minimum atomic E-state index is -4.82. The van der Waals surface area contributed by atoms with Gasteiger partial charge >= 0.3 is 12.1 Å². The van der Waals surface area contributed by atoms with Gasteiger partial charge in [0.15, 0.2) is 5.76 Å². The van der Waals surface area contributed by atoms with Gasteiger partial charge in [-0.2, -0.15) is 13.2 Å². The van der Waals surface area contributed by atoms with Crippen LogP contribution in [-0.4, -0.2) is 25.0 Å². The lowest BCUT2D eigenvalue weighted by Gasteiger charge is -2.29. The number of hydrogen-bond donors (Lipinski definition) is 0. The highest BCUT2D eigenvalue weighted by Crippen LogP contribution is 2.49. The summed E-state index contributed by atoms with van der Waals surface area (Å²) in [5.41, 5.74) is -3.09. The van der Waals surface area contributed by atoms with Gasteiger partial charge in [0, 0.05) is 21.7 Å². The zero-order valence-electron chi connectivity index (χ0n) is 14.0. The van der Waals surface area contributed by atoms with Crippen LogP contribution < -0.4 is 0 Å². The standard InChI is InChI=1S/C17H12Cl2F3NO4/c1-8-12(15(24)25-2)6-14(26-8)13-7-16(27-23-13,17(20,21)22)9-3-10(18)5-11(19)4-9/h3-6H,7H2,1-2H3. The van der Waals surface area contributed by atoms with E-state index in [2.05, 4.69) is 9.89 Å². The van der Waals surface area contributed by atoms with Gasteiger partial charge in [-0.15, -0.1) is 0 Å². The molecule has 0 bridgehead atoms. The van der Waals surface area contributed by atoms with Crippen molar-refractivity contribution in [3.63, 3.8) is 0 Å². The number of esters is 1. The van der Waals surface area contributed by atoms with Crippen molar-refractivity contribution in [2.45, 2.75) is 25.1 Å². The van der Waals surface area contributed by atoms with E-state index in [9.17, 15) is 18.0 Å². The molecule has 0 saturated heterocycles. The van der Waals surface area contributed by atoms with Crippen LogP contribution in [0.4, 0.5) is 13.2 Å². The van der Waals surface area contributed by atoms with Crippen LogP contribution in [0.2, 0.25) is 10.0 Å². The second-order valence-corrected chi connectivity index (χ2v) is 6.73. The molecule has 2 heterocycles. The first-order chi connectivity index (χ1) is 12.6. The van der Waals surface area contributed by atoms with Crippen molar-refractivity contribution < 1.29 is 32.0 Å². The molecule has 0 N–H and O–H groups in total.